The van der Waals surface area contributed by atoms with Gasteiger partial charge in [0.15, 0.2) is 0 Å². The third-order valence-electron chi connectivity index (χ3n) is 4.81. The lowest BCUT2D eigenvalue weighted by Gasteiger charge is -2.08. The second-order valence-electron chi connectivity index (χ2n) is 6.52. The van der Waals surface area contributed by atoms with Gasteiger partial charge >= 0.3 is 11.9 Å². The van der Waals surface area contributed by atoms with E-state index in [9.17, 15) is 9.59 Å². The minimum absolute atomic E-state index is 0.102. The molecule has 0 amide bonds. The van der Waals surface area contributed by atoms with Gasteiger partial charge in [0.25, 0.3) is 0 Å². The number of nitrogens with zero attached hydrogens (tertiary/aromatic N) is 3. The first-order chi connectivity index (χ1) is 13.0. The molecule has 0 atom stereocenters. The van der Waals surface area contributed by atoms with Crippen molar-refractivity contribution >= 4 is 22.8 Å². The molecule has 27 heavy (non-hydrogen) atoms. The lowest BCUT2D eigenvalue weighted by Crippen LogP contribution is -2.08. The number of fused-ring (bicyclic) bond motifs is 1. The normalized spacial score (nSPS) is 11.0. The summed E-state index contributed by atoms with van der Waals surface area (Å²) in [5, 5.41) is 10.0. The van der Waals surface area contributed by atoms with Gasteiger partial charge in [-0.25, -0.2) is 4.98 Å². The van der Waals surface area contributed by atoms with Crippen molar-refractivity contribution in [2.75, 3.05) is 7.11 Å². The summed E-state index contributed by atoms with van der Waals surface area (Å²) in [6, 6.07) is 6.03. The Labute approximate surface area is 157 Å². The number of carbonyl (C=O) groups excluding carboxylic acids is 1. The van der Waals surface area contributed by atoms with Crippen molar-refractivity contribution in [3.8, 4) is 0 Å². The van der Waals surface area contributed by atoms with Crippen LogP contribution in [0.25, 0.3) is 10.9 Å². The molecule has 2 heterocycles. The standard InChI is InChI=1S/C20H23N3O4/c1-14-17(12-22-10-8-21-13-22)16-11-15(4-6-19(24)25)3-5-18(16)23(14)9-7-20(26)27-2/h3,5,8,10-11,13H,4,6-7,9,12H2,1-2H3,(H,24,25). The Morgan fingerprint density at radius 1 is 1.26 bits per heavy atom. The molecule has 0 spiro atoms. The number of benzene rings is 1. The molecule has 0 radical (unpaired) electrons. The summed E-state index contributed by atoms with van der Waals surface area (Å²) in [5.74, 6) is -1.05. The van der Waals surface area contributed by atoms with E-state index < -0.39 is 5.97 Å². The third kappa shape index (κ3) is 4.19. The van der Waals surface area contributed by atoms with Crippen LogP contribution in [0.2, 0.25) is 0 Å². The summed E-state index contributed by atoms with van der Waals surface area (Å²) < 4.78 is 8.89. The molecule has 3 aromatic rings. The molecule has 3 rings (SSSR count). The lowest BCUT2D eigenvalue weighted by atomic mass is 10.0. The molecule has 0 fully saturated rings. The zero-order chi connectivity index (χ0) is 19.4. The second-order valence-corrected chi connectivity index (χ2v) is 6.52. The van der Waals surface area contributed by atoms with Gasteiger partial charge in [-0.2, -0.15) is 0 Å². The number of ether oxygens (including phenoxy) is 1. The number of aromatic nitrogens is 3. The fraction of sp³-hybridized carbons (Fsp3) is 0.350. The van der Waals surface area contributed by atoms with Crippen LogP contribution in [-0.2, 0) is 33.8 Å². The molecular formula is C20H23N3O4. The van der Waals surface area contributed by atoms with E-state index in [2.05, 4.69) is 15.6 Å². The van der Waals surface area contributed by atoms with Crippen LogP contribution in [0, 0.1) is 6.92 Å². The smallest absolute Gasteiger partial charge is 0.307 e. The number of carboxylic acids is 1. The number of esters is 1. The molecule has 2 aromatic heterocycles. The minimum Gasteiger partial charge on any atom is -0.481 e. The van der Waals surface area contributed by atoms with Gasteiger partial charge in [-0.1, -0.05) is 6.07 Å². The van der Waals surface area contributed by atoms with Crippen LogP contribution in [0.4, 0.5) is 0 Å². The SMILES string of the molecule is COC(=O)CCn1c(C)c(Cn2ccnc2)c2cc(CCC(=O)O)ccc21. The number of carboxylic acid groups (broad SMARTS) is 1. The fourth-order valence-corrected chi connectivity index (χ4v) is 3.36. The number of imidazole rings is 1. The van der Waals surface area contributed by atoms with E-state index in [1.165, 1.54) is 7.11 Å². The zero-order valence-corrected chi connectivity index (χ0v) is 15.5. The number of methoxy groups -OCH3 is 1. The van der Waals surface area contributed by atoms with Crippen LogP contribution in [0.3, 0.4) is 0 Å². The first-order valence-electron chi connectivity index (χ1n) is 8.84. The van der Waals surface area contributed by atoms with Gasteiger partial charge in [0, 0.05) is 47.5 Å². The van der Waals surface area contributed by atoms with Crippen molar-refractivity contribution < 1.29 is 19.4 Å². The number of hydrogen-bond donors (Lipinski definition) is 1. The summed E-state index contributed by atoms with van der Waals surface area (Å²) in [6.07, 6.45) is 6.31. The molecule has 1 aromatic carbocycles. The molecule has 0 aliphatic rings. The molecule has 0 aliphatic heterocycles. The maximum atomic E-state index is 11.6. The molecule has 1 N–H and O–H groups in total. The van der Waals surface area contributed by atoms with Crippen molar-refractivity contribution in [3.05, 3.63) is 53.7 Å². The average Bonchev–Trinajstić information content (AvgIpc) is 3.25. The van der Waals surface area contributed by atoms with Crippen molar-refractivity contribution in [2.45, 2.75) is 39.3 Å². The summed E-state index contributed by atoms with van der Waals surface area (Å²) in [4.78, 5) is 26.6. The second kappa shape index (κ2) is 8.07. The maximum Gasteiger partial charge on any atom is 0.307 e. The number of carbonyl (C=O) groups is 2. The van der Waals surface area contributed by atoms with Crippen LogP contribution in [-0.4, -0.2) is 38.3 Å². The van der Waals surface area contributed by atoms with Gasteiger partial charge in [0.1, 0.15) is 0 Å². The van der Waals surface area contributed by atoms with E-state index in [1.54, 1.807) is 12.5 Å². The Kier molecular flexibility index (Phi) is 5.59. The summed E-state index contributed by atoms with van der Waals surface area (Å²) in [7, 11) is 1.39. The molecule has 142 valence electrons. The highest BCUT2D eigenvalue weighted by molar-refractivity contribution is 5.86. The van der Waals surface area contributed by atoms with Crippen molar-refractivity contribution in [3.63, 3.8) is 0 Å². The molecule has 7 nitrogen and oxygen atoms in total. The predicted molar refractivity (Wildman–Crippen MR) is 101 cm³/mol. The Bertz CT molecular complexity index is 957. The number of rotatable bonds is 8. The van der Waals surface area contributed by atoms with Crippen molar-refractivity contribution in [2.24, 2.45) is 0 Å². The molecule has 0 aliphatic carbocycles. The summed E-state index contributed by atoms with van der Waals surface area (Å²) in [6.45, 7) is 3.24. The predicted octanol–water partition coefficient (Wildman–Crippen LogP) is 2.77. The van der Waals surface area contributed by atoms with Crippen molar-refractivity contribution in [1.82, 2.24) is 14.1 Å². The molecule has 7 heteroatoms. The monoisotopic (exact) mass is 369 g/mol. The minimum atomic E-state index is -0.805. The third-order valence-corrected chi connectivity index (χ3v) is 4.81. The highest BCUT2D eigenvalue weighted by Crippen LogP contribution is 2.28. The van der Waals surface area contributed by atoms with Crippen molar-refractivity contribution in [1.29, 1.82) is 0 Å². The largest absolute Gasteiger partial charge is 0.481 e. The first kappa shape index (κ1) is 18.7. The van der Waals surface area contributed by atoms with E-state index in [0.717, 1.165) is 27.7 Å². The first-order valence-corrected chi connectivity index (χ1v) is 8.84. The summed E-state index contributed by atoms with van der Waals surface area (Å²) >= 11 is 0. The van der Waals surface area contributed by atoms with Crippen LogP contribution >= 0.6 is 0 Å². The van der Waals surface area contributed by atoms with Crippen LogP contribution in [0.1, 0.15) is 29.7 Å². The van der Waals surface area contributed by atoms with Crippen LogP contribution in [0.5, 0.6) is 0 Å². The van der Waals surface area contributed by atoms with Gasteiger partial charge < -0.3 is 19.0 Å². The van der Waals surface area contributed by atoms with Crippen LogP contribution in [0.15, 0.2) is 36.9 Å². The highest BCUT2D eigenvalue weighted by Gasteiger charge is 2.16. The molecule has 0 unspecified atom stereocenters. The van der Waals surface area contributed by atoms with E-state index in [0.29, 0.717) is 25.9 Å². The number of hydrogen-bond acceptors (Lipinski definition) is 4. The molecule has 0 saturated heterocycles. The molecule has 0 saturated carbocycles. The fourth-order valence-electron chi connectivity index (χ4n) is 3.36. The van der Waals surface area contributed by atoms with Gasteiger partial charge in [-0.05, 0) is 31.0 Å². The lowest BCUT2D eigenvalue weighted by molar-refractivity contribution is -0.141. The Balaban J connectivity index is 2.02. The van der Waals surface area contributed by atoms with E-state index >= 15 is 0 Å². The highest BCUT2D eigenvalue weighted by atomic mass is 16.5. The average molecular weight is 369 g/mol. The van der Waals surface area contributed by atoms with E-state index in [1.807, 2.05) is 29.8 Å². The molecule has 0 bridgehead atoms. The number of aliphatic carboxylic acids is 1. The van der Waals surface area contributed by atoms with Gasteiger partial charge in [-0.3, -0.25) is 9.59 Å². The maximum absolute atomic E-state index is 11.6. The Hall–Kier alpha value is -3.09. The van der Waals surface area contributed by atoms with Gasteiger partial charge in [0.2, 0.25) is 0 Å². The van der Waals surface area contributed by atoms with Gasteiger partial charge in [0.05, 0.1) is 26.4 Å². The topological polar surface area (TPSA) is 86.4 Å². The quantitative estimate of drug-likeness (QED) is 0.617. The number of aryl methyl sites for hydroxylation is 2. The summed E-state index contributed by atoms with van der Waals surface area (Å²) in [5.41, 5.74) is 4.25. The Morgan fingerprint density at radius 3 is 2.74 bits per heavy atom. The molecular weight excluding hydrogens is 346 g/mol. The van der Waals surface area contributed by atoms with E-state index in [-0.39, 0.29) is 12.4 Å². The van der Waals surface area contributed by atoms with Gasteiger partial charge in [-0.15, -0.1) is 0 Å². The zero-order valence-electron chi connectivity index (χ0n) is 15.5. The van der Waals surface area contributed by atoms with Crippen LogP contribution < -0.4 is 0 Å². The van der Waals surface area contributed by atoms with E-state index in [4.69, 9.17) is 9.84 Å². The Morgan fingerprint density at radius 2 is 2.07 bits per heavy atom.